The van der Waals surface area contributed by atoms with Gasteiger partial charge in [0.1, 0.15) is 5.56 Å². The highest BCUT2D eigenvalue weighted by atomic mass is 16.5. The Hall–Kier alpha value is -1.66. The topological polar surface area (TPSA) is 71.8 Å². The number of carbonyl (C=O) groups is 1. The number of pyridine rings is 1. The molecule has 116 valence electrons. The first-order valence-electron chi connectivity index (χ1n) is 7.20. The van der Waals surface area contributed by atoms with Gasteiger partial charge in [0.25, 0.3) is 11.5 Å². The largest absolute Gasteiger partial charge is 0.389 e. The smallest absolute Gasteiger partial charge is 0.263 e. The van der Waals surface area contributed by atoms with Crippen molar-refractivity contribution in [2.24, 2.45) is 7.05 Å². The average Bonchev–Trinajstić information content (AvgIpc) is 2.67. The summed E-state index contributed by atoms with van der Waals surface area (Å²) in [5, 5.41) is 9.71. The fourth-order valence-electron chi connectivity index (χ4n) is 2.75. The first-order chi connectivity index (χ1) is 9.95. The van der Waals surface area contributed by atoms with Gasteiger partial charge in [-0.2, -0.15) is 0 Å². The van der Waals surface area contributed by atoms with Gasteiger partial charge in [-0.25, -0.2) is 0 Å². The highest BCUT2D eigenvalue weighted by Gasteiger charge is 2.25. The lowest BCUT2D eigenvalue weighted by Crippen LogP contribution is -2.41. The van der Waals surface area contributed by atoms with E-state index in [1.54, 1.807) is 13.1 Å². The molecule has 6 nitrogen and oxygen atoms in total. The molecule has 0 aromatic carbocycles. The Morgan fingerprint density at radius 1 is 1.52 bits per heavy atom. The maximum atomic E-state index is 12.6. The van der Waals surface area contributed by atoms with E-state index < -0.39 is 6.10 Å². The molecule has 2 heterocycles. The van der Waals surface area contributed by atoms with Crippen molar-refractivity contribution in [1.82, 2.24) is 9.47 Å². The van der Waals surface area contributed by atoms with Crippen LogP contribution in [0.25, 0.3) is 0 Å². The van der Waals surface area contributed by atoms with Crippen molar-refractivity contribution in [1.29, 1.82) is 0 Å². The molecule has 1 atom stereocenters. The number of rotatable bonds is 2. The third kappa shape index (κ3) is 3.16. The minimum absolute atomic E-state index is 0.154. The lowest BCUT2D eigenvalue weighted by molar-refractivity contribution is 0.0533. The molecule has 2 rings (SSSR count). The van der Waals surface area contributed by atoms with E-state index in [0.29, 0.717) is 13.2 Å². The summed E-state index contributed by atoms with van der Waals surface area (Å²) >= 11 is 0. The molecule has 1 aromatic heterocycles. The van der Waals surface area contributed by atoms with Gasteiger partial charge in [-0.15, -0.1) is 0 Å². The molecule has 0 radical (unpaired) electrons. The van der Waals surface area contributed by atoms with Crippen LogP contribution in [0.15, 0.2) is 10.9 Å². The van der Waals surface area contributed by atoms with E-state index in [2.05, 4.69) is 0 Å². The molecule has 1 unspecified atom stereocenters. The lowest BCUT2D eigenvalue weighted by Gasteiger charge is -2.22. The number of amides is 1. The molecule has 0 spiro atoms. The molecule has 1 N–H and O–H groups in total. The molecule has 21 heavy (non-hydrogen) atoms. The third-order valence-corrected chi connectivity index (χ3v) is 3.86. The Morgan fingerprint density at radius 3 is 2.90 bits per heavy atom. The number of ether oxygens (including phenoxy) is 1. The molecule has 1 aromatic rings. The van der Waals surface area contributed by atoms with E-state index in [-0.39, 0.29) is 30.2 Å². The van der Waals surface area contributed by atoms with Crippen LogP contribution in [0.2, 0.25) is 0 Å². The number of carbonyl (C=O) groups excluding carboxylic acids is 1. The molecule has 0 aliphatic carbocycles. The maximum Gasteiger partial charge on any atom is 0.263 e. The Labute approximate surface area is 123 Å². The first-order valence-corrected chi connectivity index (χ1v) is 7.20. The fourth-order valence-corrected chi connectivity index (χ4v) is 2.75. The van der Waals surface area contributed by atoms with Crippen molar-refractivity contribution in [2.45, 2.75) is 26.4 Å². The Morgan fingerprint density at radius 2 is 2.24 bits per heavy atom. The van der Waals surface area contributed by atoms with Crippen molar-refractivity contribution >= 4 is 5.91 Å². The minimum Gasteiger partial charge on any atom is -0.389 e. The van der Waals surface area contributed by atoms with Crippen molar-refractivity contribution in [3.05, 3.63) is 33.2 Å². The predicted octanol–water partition coefficient (Wildman–Crippen LogP) is 0.0894. The minimum atomic E-state index is -0.712. The van der Waals surface area contributed by atoms with E-state index in [4.69, 9.17) is 4.74 Å². The number of aromatic nitrogens is 1. The molecule has 1 amide bonds. The van der Waals surface area contributed by atoms with Crippen LogP contribution >= 0.6 is 0 Å². The Balaban J connectivity index is 2.37. The highest BCUT2D eigenvalue weighted by molar-refractivity contribution is 5.94. The van der Waals surface area contributed by atoms with Crippen LogP contribution in [0, 0.1) is 6.92 Å². The van der Waals surface area contributed by atoms with E-state index in [1.165, 1.54) is 9.47 Å². The Kier molecular flexibility index (Phi) is 4.80. The summed E-state index contributed by atoms with van der Waals surface area (Å²) < 4.78 is 6.75. The molecule has 0 saturated carbocycles. The summed E-state index contributed by atoms with van der Waals surface area (Å²) in [7, 11) is 1.69. The highest BCUT2D eigenvalue weighted by Crippen LogP contribution is 2.11. The van der Waals surface area contributed by atoms with Gasteiger partial charge in [0.2, 0.25) is 0 Å². The zero-order valence-corrected chi connectivity index (χ0v) is 12.8. The molecule has 1 aliphatic rings. The molecular formula is C15H22N2O4. The van der Waals surface area contributed by atoms with Gasteiger partial charge < -0.3 is 19.3 Å². The van der Waals surface area contributed by atoms with Crippen molar-refractivity contribution < 1.29 is 14.6 Å². The molecule has 1 fully saturated rings. The number of hydrogen-bond donors (Lipinski definition) is 1. The van der Waals surface area contributed by atoms with E-state index >= 15 is 0 Å². The van der Waals surface area contributed by atoms with Crippen LogP contribution in [0.4, 0.5) is 0 Å². The first kappa shape index (κ1) is 15.7. The van der Waals surface area contributed by atoms with Gasteiger partial charge in [-0.3, -0.25) is 9.59 Å². The lowest BCUT2D eigenvalue weighted by atomic mass is 10.1. The summed E-state index contributed by atoms with van der Waals surface area (Å²) in [4.78, 5) is 26.4. The molecule has 1 saturated heterocycles. The van der Waals surface area contributed by atoms with Gasteiger partial charge in [-0.05, 0) is 25.0 Å². The SMILES string of the molecule is CCc1c(C)cc(C(=O)N2CCOCC(O)C2)c(=O)n1C. The van der Waals surface area contributed by atoms with Crippen LogP contribution in [0.1, 0.15) is 28.5 Å². The molecule has 6 heteroatoms. The molecule has 1 aliphatic heterocycles. The summed E-state index contributed by atoms with van der Waals surface area (Å²) in [5.74, 6) is -0.342. The van der Waals surface area contributed by atoms with Crippen LogP contribution in [-0.2, 0) is 18.2 Å². The van der Waals surface area contributed by atoms with Crippen LogP contribution in [-0.4, -0.2) is 52.9 Å². The van der Waals surface area contributed by atoms with Crippen molar-refractivity contribution in [2.75, 3.05) is 26.3 Å². The van der Waals surface area contributed by atoms with Gasteiger partial charge in [-0.1, -0.05) is 6.92 Å². The number of aliphatic hydroxyl groups excluding tert-OH is 1. The average molecular weight is 294 g/mol. The van der Waals surface area contributed by atoms with Crippen LogP contribution in [0.3, 0.4) is 0 Å². The van der Waals surface area contributed by atoms with E-state index in [1.807, 2.05) is 13.8 Å². The summed E-state index contributed by atoms with van der Waals surface area (Å²) in [6, 6.07) is 1.65. The zero-order chi connectivity index (χ0) is 15.6. The fraction of sp³-hybridized carbons (Fsp3) is 0.600. The monoisotopic (exact) mass is 294 g/mol. The van der Waals surface area contributed by atoms with E-state index in [9.17, 15) is 14.7 Å². The number of nitrogens with zero attached hydrogens (tertiary/aromatic N) is 2. The van der Waals surface area contributed by atoms with Crippen LogP contribution < -0.4 is 5.56 Å². The normalized spacial score (nSPS) is 19.4. The second kappa shape index (κ2) is 6.41. The predicted molar refractivity (Wildman–Crippen MR) is 78.5 cm³/mol. The second-order valence-corrected chi connectivity index (χ2v) is 5.39. The summed E-state index contributed by atoms with van der Waals surface area (Å²) in [6.07, 6.45) is 0.0267. The van der Waals surface area contributed by atoms with Gasteiger partial charge in [0.15, 0.2) is 0 Å². The molecular weight excluding hydrogens is 272 g/mol. The standard InChI is InChI=1S/C15H22N2O4/c1-4-13-10(2)7-12(14(19)16(13)3)15(20)17-5-6-21-9-11(18)8-17/h7,11,18H,4-6,8-9H2,1-3H3. The third-order valence-electron chi connectivity index (χ3n) is 3.86. The Bertz CT molecular complexity index is 594. The van der Waals surface area contributed by atoms with Gasteiger partial charge in [0.05, 0.1) is 19.3 Å². The van der Waals surface area contributed by atoms with Gasteiger partial charge in [0, 0.05) is 25.8 Å². The summed E-state index contributed by atoms with van der Waals surface area (Å²) in [5.41, 5.74) is 1.72. The van der Waals surface area contributed by atoms with Gasteiger partial charge >= 0.3 is 0 Å². The number of aliphatic hydroxyl groups is 1. The number of hydrogen-bond acceptors (Lipinski definition) is 4. The quantitative estimate of drug-likeness (QED) is 0.839. The van der Waals surface area contributed by atoms with E-state index in [0.717, 1.165) is 17.7 Å². The number of aryl methyl sites for hydroxylation is 1. The number of β-amino-alcohol motifs (C(OH)–C–C–N with tert-alkyl or cyclic N) is 1. The second-order valence-electron chi connectivity index (χ2n) is 5.39. The van der Waals surface area contributed by atoms with Crippen molar-refractivity contribution in [3.63, 3.8) is 0 Å². The molecule has 0 bridgehead atoms. The van der Waals surface area contributed by atoms with Crippen molar-refractivity contribution in [3.8, 4) is 0 Å². The maximum absolute atomic E-state index is 12.6. The summed E-state index contributed by atoms with van der Waals surface area (Å²) in [6.45, 7) is 5.04. The zero-order valence-electron chi connectivity index (χ0n) is 12.8. The van der Waals surface area contributed by atoms with Crippen LogP contribution in [0.5, 0.6) is 0 Å².